The third kappa shape index (κ3) is 8.28. The minimum Gasteiger partial charge on any atom is -0.383 e. The van der Waals surface area contributed by atoms with Gasteiger partial charge in [0.05, 0.1) is 29.5 Å². The van der Waals surface area contributed by atoms with Crippen molar-refractivity contribution in [1.29, 1.82) is 0 Å². The van der Waals surface area contributed by atoms with Crippen LogP contribution in [-0.2, 0) is 20.4 Å². The van der Waals surface area contributed by atoms with E-state index in [9.17, 15) is 22.8 Å². The Balaban J connectivity index is 1.93. The van der Waals surface area contributed by atoms with Gasteiger partial charge in [-0.05, 0) is 45.7 Å². The molecule has 2 aromatic rings. The molecule has 0 aliphatic heterocycles. The summed E-state index contributed by atoms with van der Waals surface area (Å²) >= 11 is 0. The molecule has 0 bridgehead atoms. The Morgan fingerprint density at radius 1 is 1.15 bits per heavy atom. The van der Waals surface area contributed by atoms with Crippen molar-refractivity contribution in [3.63, 3.8) is 0 Å². The Bertz CT molecular complexity index is 1120. The summed E-state index contributed by atoms with van der Waals surface area (Å²) < 4.78 is 54.0. The smallest absolute Gasteiger partial charge is 0.383 e. The molecule has 8 nitrogen and oxygen atoms in total. The molecule has 0 saturated heterocycles. The molecule has 1 aromatic heterocycles. The molecule has 1 atom stereocenters. The minimum absolute atomic E-state index is 0.0334. The molecule has 39 heavy (non-hydrogen) atoms. The van der Waals surface area contributed by atoms with Crippen LogP contribution in [0.1, 0.15) is 75.0 Å². The SMILES string of the molecule is COCCN(C)C(=O)[C@H](CCOC(C)(C)C)NC(=O)c1cc(-c2ccccc2C(F)(F)F)n(C2CCCC2)n1. The number of amides is 2. The number of likely N-dealkylation sites (N-methyl/N-ethyl adjacent to an activating group) is 1. The maximum atomic E-state index is 13.9. The molecule has 216 valence electrons. The van der Waals surface area contributed by atoms with Crippen LogP contribution in [-0.4, -0.2) is 72.1 Å². The van der Waals surface area contributed by atoms with E-state index in [4.69, 9.17) is 9.47 Å². The molecule has 1 N–H and O–H groups in total. The van der Waals surface area contributed by atoms with Gasteiger partial charge in [-0.3, -0.25) is 14.3 Å². The van der Waals surface area contributed by atoms with E-state index < -0.39 is 29.3 Å². The Kier molecular flexibility index (Phi) is 10.2. The van der Waals surface area contributed by atoms with Gasteiger partial charge in [0, 0.05) is 39.3 Å². The van der Waals surface area contributed by atoms with Gasteiger partial charge >= 0.3 is 6.18 Å². The van der Waals surface area contributed by atoms with Gasteiger partial charge < -0.3 is 19.7 Å². The fraction of sp³-hybridized carbons (Fsp3) is 0.607. The molecular weight excluding hydrogens is 513 g/mol. The van der Waals surface area contributed by atoms with Gasteiger partial charge in [-0.25, -0.2) is 0 Å². The molecule has 1 aliphatic carbocycles. The first-order chi connectivity index (χ1) is 18.3. The van der Waals surface area contributed by atoms with Crippen LogP contribution in [0.25, 0.3) is 11.3 Å². The number of aromatic nitrogens is 2. The lowest BCUT2D eigenvalue weighted by Crippen LogP contribution is -2.49. The quantitative estimate of drug-likeness (QED) is 0.420. The van der Waals surface area contributed by atoms with Crippen molar-refractivity contribution >= 4 is 11.8 Å². The second kappa shape index (κ2) is 13.0. The lowest BCUT2D eigenvalue weighted by atomic mass is 10.0. The van der Waals surface area contributed by atoms with Crippen molar-refractivity contribution < 1.29 is 32.2 Å². The zero-order valence-electron chi connectivity index (χ0n) is 23.3. The Labute approximate surface area is 227 Å². The van der Waals surface area contributed by atoms with Crippen molar-refractivity contribution in [3.8, 4) is 11.3 Å². The largest absolute Gasteiger partial charge is 0.417 e. The number of carbonyl (C=O) groups is 2. The third-order valence-electron chi connectivity index (χ3n) is 6.70. The number of rotatable bonds is 11. The zero-order valence-corrected chi connectivity index (χ0v) is 23.3. The topological polar surface area (TPSA) is 85.7 Å². The third-order valence-corrected chi connectivity index (χ3v) is 6.70. The van der Waals surface area contributed by atoms with Gasteiger partial charge in [0.1, 0.15) is 6.04 Å². The van der Waals surface area contributed by atoms with Crippen LogP contribution in [0.15, 0.2) is 30.3 Å². The predicted molar refractivity (Wildman–Crippen MR) is 141 cm³/mol. The molecule has 0 spiro atoms. The fourth-order valence-electron chi connectivity index (χ4n) is 4.66. The second-order valence-corrected chi connectivity index (χ2v) is 10.9. The Morgan fingerprint density at radius 2 is 1.82 bits per heavy atom. The van der Waals surface area contributed by atoms with Crippen molar-refractivity contribution in [1.82, 2.24) is 20.0 Å². The first-order valence-electron chi connectivity index (χ1n) is 13.3. The highest BCUT2D eigenvalue weighted by Crippen LogP contribution is 2.40. The van der Waals surface area contributed by atoms with Gasteiger partial charge in [0.15, 0.2) is 5.69 Å². The number of nitrogens with one attached hydrogen (secondary N) is 1. The van der Waals surface area contributed by atoms with Crippen molar-refractivity contribution in [2.24, 2.45) is 0 Å². The van der Waals surface area contributed by atoms with Crippen LogP contribution in [0.2, 0.25) is 0 Å². The number of alkyl halides is 3. The van der Waals surface area contributed by atoms with Crippen LogP contribution < -0.4 is 5.32 Å². The molecule has 1 aromatic carbocycles. The highest BCUT2D eigenvalue weighted by Gasteiger charge is 2.36. The molecule has 3 rings (SSSR count). The molecular formula is C28H39F3N4O4. The van der Waals surface area contributed by atoms with E-state index in [2.05, 4.69) is 10.4 Å². The van der Waals surface area contributed by atoms with E-state index in [0.29, 0.717) is 13.2 Å². The van der Waals surface area contributed by atoms with E-state index in [0.717, 1.165) is 31.7 Å². The first kappa shape index (κ1) is 30.6. The average Bonchev–Trinajstić information content (AvgIpc) is 3.55. The number of halogens is 3. The molecule has 1 fully saturated rings. The Morgan fingerprint density at radius 3 is 2.44 bits per heavy atom. The maximum absolute atomic E-state index is 13.9. The van der Waals surface area contributed by atoms with Crippen LogP contribution >= 0.6 is 0 Å². The predicted octanol–water partition coefficient (Wildman–Crippen LogP) is 5.09. The summed E-state index contributed by atoms with van der Waals surface area (Å²) in [6.45, 7) is 6.56. The number of ether oxygens (including phenoxy) is 2. The fourth-order valence-corrected chi connectivity index (χ4v) is 4.66. The van der Waals surface area contributed by atoms with Gasteiger partial charge in [-0.2, -0.15) is 18.3 Å². The van der Waals surface area contributed by atoms with Crippen molar-refractivity contribution in [2.45, 2.75) is 76.7 Å². The summed E-state index contributed by atoms with van der Waals surface area (Å²) in [5, 5.41) is 7.23. The Hall–Kier alpha value is -2.92. The minimum atomic E-state index is -4.57. The number of hydrogen-bond acceptors (Lipinski definition) is 5. The van der Waals surface area contributed by atoms with Crippen LogP contribution in [0.3, 0.4) is 0 Å². The van der Waals surface area contributed by atoms with Crippen molar-refractivity contribution in [3.05, 3.63) is 41.6 Å². The number of methoxy groups -OCH3 is 1. The molecule has 1 aliphatic rings. The van der Waals surface area contributed by atoms with Gasteiger partial charge in [-0.1, -0.05) is 31.0 Å². The lowest BCUT2D eigenvalue weighted by molar-refractivity contribution is -0.137. The highest BCUT2D eigenvalue weighted by atomic mass is 19.4. The van der Waals surface area contributed by atoms with E-state index in [1.54, 1.807) is 11.7 Å². The summed E-state index contributed by atoms with van der Waals surface area (Å²) in [6.07, 6.45) is -0.957. The summed E-state index contributed by atoms with van der Waals surface area (Å²) in [5.74, 6) is -0.956. The number of nitrogens with zero attached hydrogens (tertiary/aromatic N) is 3. The molecule has 0 radical (unpaired) electrons. The number of carbonyl (C=O) groups excluding carboxylic acids is 2. The summed E-state index contributed by atoms with van der Waals surface area (Å²) in [5.41, 5.74) is -1.06. The summed E-state index contributed by atoms with van der Waals surface area (Å²) in [6, 6.07) is 5.67. The van der Waals surface area contributed by atoms with Crippen molar-refractivity contribution in [2.75, 3.05) is 33.9 Å². The number of benzene rings is 1. The molecule has 2 amide bonds. The molecule has 1 saturated carbocycles. The number of hydrogen-bond donors (Lipinski definition) is 1. The van der Waals surface area contributed by atoms with Crippen LogP contribution in [0.5, 0.6) is 0 Å². The summed E-state index contributed by atoms with van der Waals surface area (Å²) in [7, 11) is 3.15. The molecule has 1 heterocycles. The lowest BCUT2D eigenvalue weighted by Gasteiger charge is -2.26. The van der Waals surface area contributed by atoms with Crippen LogP contribution in [0, 0.1) is 0 Å². The normalized spacial score (nSPS) is 15.4. The van der Waals surface area contributed by atoms with Gasteiger partial charge in [0.25, 0.3) is 5.91 Å². The van der Waals surface area contributed by atoms with E-state index in [1.165, 1.54) is 36.3 Å². The second-order valence-electron chi connectivity index (χ2n) is 10.9. The van der Waals surface area contributed by atoms with E-state index in [-0.39, 0.29) is 41.9 Å². The van der Waals surface area contributed by atoms with Gasteiger partial charge in [-0.15, -0.1) is 0 Å². The highest BCUT2D eigenvalue weighted by molar-refractivity contribution is 5.97. The summed E-state index contributed by atoms with van der Waals surface area (Å²) in [4.78, 5) is 28.0. The monoisotopic (exact) mass is 552 g/mol. The molecule has 11 heteroatoms. The van der Waals surface area contributed by atoms with Crippen LogP contribution in [0.4, 0.5) is 13.2 Å². The standard InChI is InChI=1S/C28H39F3N4O4/c1-27(2,3)39-16-14-22(26(37)34(4)15-17-38-5)32-25(36)23-18-24(35(33-23)19-10-6-7-11-19)20-12-8-9-13-21(20)28(29,30)31/h8-9,12-13,18-19,22H,6-7,10-11,14-17H2,1-5H3,(H,32,36)/t22-/m0/s1. The zero-order chi connectivity index (χ0) is 28.8. The van der Waals surface area contributed by atoms with Gasteiger partial charge in [0.2, 0.25) is 5.91 Å². The van der Waals surface area contributed by atoms with E-state index in [1.807, 2.05) is 20.8 Å². The molecule has 0 unspecified atom stereocenters. The first-order valence-corrected chi connectivity index (χ1v) is 13.3. The average molecular weight is 553 g/mol. The van der Waals surface area contributed by atoms with E-state index >= 15 is 0 Å². The maximum Gasteiger partial charge on any atom is 0.417 e.